The Morgan fingerprint density at radius 2 is 1.79 bits per heavy atom. The van der Waals surface area contributed by atoms with Crippen molar-refractivity contribution >= 4 is 11.8 Å². The number of aryl methyl sites for hydroxylation is 1. The highest BCUT2D eigenvalue weighted by Gasteiger charge is 2.23. The van der Waals surface area contributed by atoms with Crippen molar-refractivity contribution < 1.29 is 9.59 Å². The third kappa shape index (κ3) is 3.98. The van der Waals surface area contributed by atoms with E-state index in [2.05, 4.69) is 10.3 Å². The van der Waals surface area contributed by atoms with Gasteiger partial charge in [-0.25, -0.2) is 0 Å². The molecule has 3 rings (SSSR count). The Kier molecular flexibility index (Phi) is 4.60. The quantitative estimate of drug-likeness (QED) is 0.920. The van der Waals surface area contributed by atoms with Crippen molar-refractivity contribution in [2.24, 2.45) is 0 Å². The molecule has 1 aromatic heterocycles. The second kappa shape index (κ2) is 6.83. The monoisotopic (exact) mass is 323 g/mol. The molecule has 0 unspecified atom stereocenters. The van der Waals surface area contributed by atoms with E-state index in [0.29, 0.717) is 23.7 Å². The first-order chi connectivity index (χ1) is 11.5. The first-order valence-electron chi connectivity index (χ1n) is 8.11. The third-order valence-corrected chi connectivity index (χ3v) is 4.05. The van der Waals surface area contributed by atoms with E-state index in [-0.39, 0.29) is 11.8 Å². The minimum atomic E-state index is -0.0712. The minimum absolute atomic E-state index is 0.0285. The molecule has 0 atom stereocenters. The molecule has 1 aromatic carbocycles. The zero-order valence-corrected chi connectivity index (χ0v) is 14.0. The summed E-state index contributed by atoms with van der Waals surface area (Å²) in [5, 5.41) is 2.96. The van der Waals surface area contributed by atoms with Crippen LogP contribution in [0, 0.1) is 6.92 Å². The molecule has 124 valence electrons. The van der Waals surface area contributed by atoms with Gasteiger partial charge < -0.3 is 10.2 Å². The molecule has 2 amide bonds. The molecule has 1 aliphatic carbocycles. The number of amides is 2. The highest BCUT2D eigenvalue weighted by molar-refractivity contribution is 5.95. The lowest BCUT2D eigenvalue weighted by atomic mass is 10.1. The molecule has 1 saturated carbocycles. The summed E-state index contributed by atoms with van der Waals surface area (Å²) in [5.41, 5.74) is 3.09. The number of aromatic nitrogens is 1. The second-order valence-electron chi connectivity index (χ2n) is 6.29. The van der Waals surface area contributed by atoms with Gasteiger partial charge in [-0.2, -0.15) is 0 Å². The van der Waals surface area contributed by atoms with Crippen LogP contribution in [0.1, 0.15) is 44.8 Å². The van der Waals surface area contributed by atoms with Crippen molar-refractivity contribution in [3.63, 3.8) is 0 Å². The van der Waals surface area contributed by atoms with E-state index >= 15 is 0 Å². The summed E-state index contributed by atoms with van der Waals surface area (Å²) >= 11 is 0. The van der Waals surface area contributed by atoms with Gasteiger partial charge in [-0.1, -0.05) is 12.1 Å². The van der Waals surface area contributed by atoms with Gasteiger partial charge in [-0.15, -0.1) is 0 Å². The summed E-state index contributed by atoms with van der Waals surface area (Å²) in [6.45, 7) is 2.37. The Hall–Kier alpha value is -2.69. The average molecular weight is 323 g/mol. The van der Waals surface area contributed by atoms with Gasteiger partial charge >= 0.3 is 0 Å². The third-order valence-electron chi connectivity index (χ3n) is 4.05. The van der Waals surface area contributed by atoms with Gasteiger partial charge in [0, 0.05) is 37.1 Å². The van der Waals surface area contributed by atoms with Crippen molar-refractivity contribution in [1.29, 1.82) is 0 Å². The van der Waals surface area contributed by atoms with Crippen LogP contribution in [0.15, 0.2) is 42.6 Å². The largest absolute Gasteiger partial charge is 0.349 e. The number of carbonyl (C=O) groups excluding carboxylic acids is 2. The molecular weight excluding hydrogens is 302 g/mol. The van der Waals surface area contributed by atoms with Gasteiger partial charge in [0.1, 0.15) is 0 Å². The lowest BCUT2D eigenvalue weighted by molar-refractivity contribution is 0.0784. The fourth-order valence-electron chi connectivity index (χ4n) is 2.42. The van der Waals surface area contributed by atoms with E-state index in [1.807, 2.05) is 25.1 Å². The summed E-state index contributed by atoms with van der Waals surface area (Å²) in [4.78, 5) is 30.2. The van der Waals surface area contributed by atoms with E-state index in [9.17, 15) is 9.59 Å². The first-order valence-corrected chi connectivity index (χ1v) is 8.11. The standard InChI is InChI=1S/C19H21N3O2/c1-13-3-6-16(11-20-13)19(24)22(2)12-14-4-7-15(8-5-14)18(23)21-17-9-10-17/h3-8,11,17H,9-10,12H2,1-2H3,(H,21,23). The molecule has 1 fully saturated rings. The van der Waals surface area contributed by atoms with Crippen LogP contribution < -0.4 is 5.32 Å². The van der Waals surface area contributed by atoms with Crippen LogP contribution in [0.2, 0.25) is 0 Å². The van der Waals surface area contributed by atoms with Gasteiger partial charge in [0.15, 0.2) is 0 Å². The zero-order chi connectivity index (χ0) is 17.1. The normalized spacial score (nSPS) is 13.4. The molecule has 1 N–H and O–H groups in total. The fraction of sp³-hybridized carbons (Fsp3) is 0.316. The van der Waals surface area contributed by atoms with Crippen molar-refractivity contribution in [2.45, 2.75) is 32.4 Å². The molecule has 5 heteroatoms. The van der Waals surface area contributed by atoms with Gasteiger partial charge in [0.05, 0.1) is 5.56 Å². The topological polar surface area (TPSA) is 62.3 Å². The van der Waals surface area contributed by atoms with Crippen LogP contribution in [-0.2, 0) is 6.54 Å². The molecule has 2 aromatic rings. The summed E-state index contributed by atoms with van der Waals surface area (Å²) in [7, 11) is 1.76. The number of pyridine rings is 1. The van der Waals surface area contributed by atoms with Crippen LogP contribution >= 0.6 is 0 Å². The van der Waals surface area contributed by atoms with E-state index < -0.39 is 0 Å². The van der Waals surface area contributed by atoms with Crippen LogP contribution in [-0.4, -0.2) is 34.8 Å². The van der Waals surface area contributed by atoms with Crippen LogP contribution in [0.5, 0.6) is 0 Å². The molecule has 0 aliphatic heterocycles. The van der Waals surface area contributed by atoms with Gasteiger partial charge in [0.25, 0.3) is 11.8 Å². The van der Waals surface area contributed by atoms with E-state index in [1.165, 1.54) is 0 Å². The van der Waals surface area contributed by atoms with Gasteiger partial charge in [-0.05, 0) is 49.6 Å². The van der Waals surface area contributed by atoms with Gasteiger partial charge in [0.2, 0.25) is 0 Å². The maximum atomic E-state index is 12.4. The zero-order valence-electron chi connectivity index (χ0n) is 14.0. The summed E-state index contributed by atoms with van der Waals surface area (Å²) < 4.78 is 0. The summed E-state index contributed by atoms with van der Waals surface area (Å²) in [6, 6.07) is 11.3. The maximum absolute atomic E-state index is 12.4. The molecule has 0 bridgehead atoms. The number of nitrogens with zero attached hydrogens (tertiary/aromatic N) is 2. The molecular formula is C19H21N3O2. The Bertz CT molecular complexity index is 734. The van der Waals surface area contributed by atoms with Crippen molar-refractivity contribution in [1.82, 2.24) is 15.2 Å². The lowest BCUT2D eigenvalue weighted by Crippen LogP contribution is -2.27. The molecule has 1 aliphatic rings. The second-order valence-corrected chi connectivity index (χ2v) is 6.29. The van der Waals surface area contributed by atoms with Crippen molar-refractivity contribution in [3.8, 4) is 0 Å². The average Bonchev–Trinajstić information content (AvgIpc) is 3.39. The molecule has 0 radical (unpaired) electrons. The molecule has 0 spiro atoms. The SMILES string of the molecule is Cc1ccc(C(=O)N(C)Cc2ccc(C(=O)NC3CC3)cc2)cn1. The Balaban J connectivity index is 1.61. The Morgan fingerprint density at radius 3 is 2.38 bits per heavy atom. The van der Waals surface area contributed by atoms with E-state index in [0.717, 1.165) is 24.1 Å². The number of rotatable bonds is 5. The summed E-state index contributed by atoms with van der Waals surface area (Å²) in [6.07, 6.45) is 3.74. The van der Waals surface area contributed by atoms with Crippen LogP contribution in [0.3, 0.4) is 0 Å². The van der Waals surface area contributed by atoms with Crippen LogP contribution in [0.4, 0.5) is 0 Å². The maximum Gasteiger partial charge on any atom is 0.255 e. The van der Waals surface area contributed by atoms with Crippen molar-refractivity contribution in [3.05, 3.63) is 65.0 Å². The predicted octanol–water partition coefficient (Wildman–Crippen LogP) is 2.55. The number of benzene rings is 1. The highest BCUT2D eigenvalue weighted by Crippen LogP contribution is 2.19. The number of hydrogen-bond acceptors (Lipinski definition) is 3. The number of carbonyl (C=O) groups is 2. The highest BCUT2D eigenvalue weighted by atomic mass is 16.2. The Labute approximate surface area is 141 Å². The molecule has 24 heavy (non-hydrogen) atoms. The van der Waals surface area contributed by atoms with E-state index in [4.69, 9.17) is 0 Å². The van der Waals surface area contributed by atoms with Crippen LogP contribution in [0.25, 0.3) is 0 Å². The fourth-order valence-corrected chi connectivity index (χ4v) is 2.42. The first kappa shape index (κ1) is 16.2. The lowest BCUT2D eigenvalue weighted by Gasteiger charge is -2.17. The van der Waals surface area contributed by atoms with Crippen molar-refractivity contribution in [2.75, 3.05) is 7.05 Å². The molecule has 0 saturated heterocycles. The molecule has 1 heterocycles. The minimum Gasteiger partial charge on any atom is -0.349 e. The summed E-state index contributed by atoms with van der Waals surface area (Å²) in [5.74, 6) is -0.0998. The van der Waals surface area contributed by atoms with E-state index in [1.54, 1.807) is 36.3 Å². The predicted molar refractivity (Wildman–Crippen MR) is 91.7 cm³/mol. The Morgan fingerprint density at radius 1 is 1.12 bits per heavy atom. The number of nitrogens with one attached hydrogen (secondary N) is 1. The smallest absolute Gasteiger partial charge is 0.255 e. The van der Waals surface area contributed by atoms with Gasteiger partial charge in [-0.3, -0.25) is 14.6 Å². The number of hydrogen-bond donors (Lipinski definition) is 1. The molecule has 5 nitrogen and oxygen atoms in total.